The highest BCUT2D eigenvalue weighted by Crippen LogP contribution is 2.34. The van der Waals surface area contributed by atoms with Crippen molar-refractivity contribution in [3.05, 3.63) is 48.6 Å². The predicted octanol–water partition coefficient (Wildman–Crippen LogP) is 1.53. The van der Waals surface area contributed by atoms with Crippen molar-refractivity contribution in [1.82, 2.24) is 0 Å². The van der Waals surface area contributed by atoms with Crippen LogP contribution < -0.4 is 0 Å². The number of aliphatic hydroxyl groups excluding tert-OH is 2. The highest BCUT2D eigenvalue weighted by molar-refractivity contribution is 5.16. The van der Waals surface area contributed by atoms with Gasteiger partial charge in [-0.25, -0.2) is 0 Å². The van der Waals surface area contributed by atoms with Gasteiger partial charge in [0, 0.05) is 5.56 Å². The predicted molar refractivity (Wildman–Crippen MR) is 86.1 cm³/mol. The molecule has 0 unspecified atom stereocenters. The first-order chi connectivity index (χ1) is 11.7. The quantitative estimate of drug-likeness (QED) is 0.606. The summed E-state index contributed by atoms with van der Waals surface area (Å²) in [6.45, 7) is 4.34. The van der Waals surface area contributed by atoms with Crippen LogP contribution in [-0.2, 0) is 18.9 Å². The average molecular weight is 336 g/mol. The van der Waals surface area contributed by atoms with Crippen molar-refractivity contribution in [3.8, 4) is 0 Å². The van der Waals surface area contributed by atoms with Crippen molar-refractivity contribution >= 4 is 0 Å². The maximum absolute atomic E-state index is 10.4. The van der Waals surface area contributed by atoms with Crippen LogP contribution in [0.4, 0.5) is 0 Å². The molecule has 2 N–H and O–H groups in total. The summed E-state index contributed by atoms with van der Waals surface area (Å²) < 4.78 is 22.8. The molecule has 6 nitrogen and oxygen atoms in total. The zero-order chi connectivity index (χ0) is 16.9. The summed E-state index contributed by atoms with van der Waals surface area (Å²) in [6, 6.07) is 9.48. The number of allylic oxidation sites excluding steroid dienone is 1. The fourth-order valence-corrected chi connectivity index (χ4v) is 2.92. The Balaban J connectivity index is 1.60. The Hall–Kier alpha value is -1.28. The molecule has 3 rings (SSSR count). The monoisotopic (exact) mass is 336 g/mol. The molecule has 6 atom stereocenters. The smallest absolute Gasteiger partial charge is 0.186 e. The van der Waals surface area contributed by atoms with Crippen molar-refractivity contribution in [3.63, 3.8) is 0 Å². The molecule has 0 amide bonds. The lowest BCUT2D eigenvalue weighted by atomic mass is 9.98. The highest BCUT2D eigenvalue weighted by atomic mass is 16.8. The van der Waals surface area contributed by atoms with Crippen LogP contribution in [0.1, 0.15) is 24.7 Å². The lowest BCUT2D eigenvalue weighted by Gasteiger charge is -2.46. The van der Waals surface area contributed by atoms with Crippen LogP contribution in [0, 0.1) is 0 Å². The van der Waals surface area contributed by atoms with Gasteiger partial charge in [-0.3, -0.25) is 0 Å². The topological polar surface area (TPSA) is 77.4 Å². The summed E-state index contributed by atoms with van der Waals surface area (Å²) in [5.74, 6) is 0. The fraction of sp³-hybridized carbons (Fsp3) is 0.556. The SMILES string of the molecule is C=CCCCO[C@H]1O[C@@H]2CO[C@@H](c3ccccc3)O[C@H]2[C@H](O)[C@@H]1O. The maximum atomic E-state index is 10.4. The third-order valence-electron chi connectivity index (χ3n) is 4.24. The lowest BCUT2D eigenvalue weighted by molar-refractivity contribution is -0.361. The molecule has 0 radical (unpaired) electrons. The van der Waals surface area contributed by atoms with Crippen LogP contribution in [0.5, 0.6) is 0 Å². The van der Waals surface area contributed by atoms with Crippen LogP contribution in [0.15, 0.2) is 43.0 Å². The normalized spacial score (nSPS) is 36.1. The van der Waals surface area contributed by atoms with Gasteiger partial charge >= 0.3 is 0 Å². The Morgan fingerprint density at radius 1 is 1.17 bits per heavy atom. The van der Waals surface area contributed by atoms with E-state index < -0.39 is 37.0 Å². The van der Waals surface area contributed by atoms with Gasteiger partial charge in [-0.2, -0.15) is 0 Å². The lowest BCUT2D eigenvalue weighted by Crippen LogP contribution is -2.62. The molecule has 24 heavy (non-hydrogen) atoms. The Morgan fingerprint density at radius 2 is 1.96 bits per heavy atom. The second-order valence-corrected chi connectivity index (χ2v) is 6.00. The molecule has 2 aliphatic heterocycles. The number of fused-ring (bicyclic) bond motifs is 1. The van der Waals surface area contributed by atoms with Crippen LogP contribution in [0.2, 0.25) is 0 Å². The van der Waals surface area contributed by atoms with E-state index in [0.29, 0.717) is 6.61 Å². The van der Waals surface area contributed by atoms with Gasteiger partial charge in [0.1, 0.15) is 24.4 Å². The van der Waals surface area contributed by atoms with Crippen molar-refractivity contribution < 1.29 is 29.2 Å². The van der Waals surface area contributed by atoms with Gasteiger partial charge in [-0.15, -0.1) is 6.58 Å². The van der Waals surface area contributed by atoms with E-state index in [2.05, 4.69) is 6.58 Å². The van der Waals surface area contributed by atoms with Crippen LogP contribution in [0.3, 0.4) is 0 Å². The number of unbranched alkanes of at least 4 members (excludes halogenated alkanes) is 1. The van der Waals surface area contributed by atoms with Crippen molar-refractivity contribution in [2.45, 2.75) is 49.8 Å². The molecule has 6 heteroatoms. The van der Waals surface area contributed by atoms with E-state index in [1.54, 1.807) is 6.08 Å². The first-order valence-corrected chi connectivity index (χ1v) is 8.27. The molecule has 1 aromatic carbocycles. The first kappa shape index (κ1) is 17.5. The largest absolute Gasteiger partial charge is 0.387 e. The van der Waals surface area contributed by atoms with Gasteiger partial charge in [0.05, 0.1) is 13.2 Å². The van der Waals surface area contributed by atoms with Gasteiger partial charge < -0.3 is 29.2 Å². The van der Waals surface area contributed by atoms with Gasteiger partial charge in [0.15, 0.2) is 12.6 Å². The summed E-state index contributed by atoms with van der Waals surface area (Å²) >= 11 is 0. The standard InChI is InChI=1S/C18H24O6/c1-2-3-7-10-21-18-15(20)14(19)16-13(23-18)11-22-17(24-16)12-8-5-4-6-9-12/h2,4-6,8-9,13-20H,1,3,7,10-11H2/t13-,14-,15+,16-,17-,18+/m1/s1. The van der Waals surface area contributed by atoms with E-state index in [4.69, 9.17) is 18.9 Å². The van der Waals surface area contributed by atoms with E-state index in [9.17, 15) is 10.2 Å². The number of aliphatic hydroxyl groups is 2. The molecule has 0 aromatic heterocycles. The molecule has 0 saturated carbocycles. The molecule has 1 aromatic rings. The molecular formula is C18H24O6. The Labute approximate surface area is 141 Å². The fourth-order valence-electron chi connectivity index (χ4n) is 2.92. The molecule has 0 spiro atoms. The van der Waals surface area contributed by atoms with Crippen LogP contribution in [0.25, 0.3) is 0 Å². The molecule has 2 heterocycles. The van der Waals surface area contributed by atoms with Crippen molar-refractivity contribution in [2.75, 3.05) is 13.2 Å². The third-order valence-corrected chi connectivity index (χ3v) is 4.24. The summed E-state index contributed by atoms with van der Waals surface area (Å²) in [4.78, 5) is 0. The van der Waals surface area contributed by atoms with Crippen molar-refractivity contribution in [1.29, 1.82) is 0 Å². The van der Waals surface area contributed by atoms with Gasteiger partial charge in [0.25, 0.3) is 0 Å². The zero-order valence-corrected chi connectivity index (χ0v) is 13.5. The first-order valence-electron chi connectivity index (χ1n) is 8.27. The number of hydrogen-bond acceptors (Lipinski definition) is 6. The molecule has 2 saturated heterocycles. The molecule has 0 bridgehead atoms. The van der Waals surface area contributed by atoms with E-state index in [0.717, 1.165) is 18.4 Å². The zero-order valence-electron chi connectivity index (χ0n) is 13.5. The number of hydrogen-bond donors (Lipinski definition) is 2. The molecule has 2 aliphatic rings. The van der Waals surface area contributed by atoms with Gasteiger partial charge in [-0.1, -0.05) is 36.4 Å². The maximum Gasteiger partial charge on any atom is 0.186 e. The third kappa shape index (κ3) is 3.85. The number of benzene rings is 1. The average Bonchev–Trinajstić information content (AvgIpc) is 2.63. The number of ether oxygens (including phenoxy) is 4. The van der Waals surface area contributed by atoms with E-state index in [1.165, 1.54) is 0 Å². The van der Waals surface area contributed by atoms with E-state index >= 15 is 0 Å². The van der Waals surface area contributed by atoms with E-state index in [-0.39, 0.29) is 6.61 Å². The minimum Gasteiger partial charge on any atom is -0.387 e. The Kier molecular flexibility index (Phi) is 5.99. The molecule has 132 valence electrons. The summed E-state index contributed by atoms with van der Waals surface area (Å²) in [6.07, 6.45) is -1.45. The van der Waals surface area contributed by atoms with Gasteiger partial charge in [0.2, 0.25) is 0 Å². The second kappa shape index (κ2) is 8.20. The van der Waals surface area contributed by atoms with Crippen molar-refractivity contribution in [2.24, 2.45) is 0 Å². The van der Waals surface area contributed by atoms with Gasteiger partial charge in [-0.05, 0) is 12.8 Å². The molecule has 0 aliphatic carbocycles. The summed E-state index contributed by atoms with van der Waals surface area (Å²) in [7, 11) is 0. The van der Waals surface area contributed by atoms with Crippen LogP contribution >= 0.6 is 0 Å². The summed E-state index contributed by atoms with van der Waals surface area (Å²) in [5.41, 5.74) is 0.862. The Bertz CT molecular complexity index is 520. The minimum atomic E-state index is -1.16. The molecular weight excluding hydrogens is 312 g/mol. The van der Waals surface area contributed by atoms with Crippen LogP contribution in [-0.4, -0.2) is 54.1 Å². The number of rotatable bonds is 6. The second-order valence-electron chi connectivity index (χ2n) is 6.00. The highest BCUT2D eigenvalue weighted by Gasteiger charge is 2.49. The Morgan fingerprint density at radius 3 is 2.71 bits per heavy atom. The summed E-state index contributed by atoms with van der Waals surface area (Å²) in [5, 5.41) is 20.7. The van der Waals surface area contributed by atoms with E-state index in [1.807, 2.05) is 30.3 Å². The minimum absolute atomic E-state index is 0.264. The molecule has 2 fully saturated rings.